The molecule has 1 fully saturated rings. The summed E-state index contributed by atoms with van der Waals surface area (Å²) in [4.78, 5) is 40.5. The number of nitrogens with zero attached hydrogens (tertiary/aromatic N) is 6. The molecule has 3 amide bonds. The monoisotopic (exact) mass is 577 g/mol. The molecule has 36 heavy (non-hydrogen) atoms. The van der Waals surface area contributed by atoms with E-state index in [1.54, 1.807) is 30.6 Å². The maximum Gasteiger partial charge on any atom is 0.436 e. The lowest BCUT2D eigenvalue weighted by atomic mass is 10.2. The fourth-order valence-electron chi connectivity index (χ4n) is 3.69. The number of aryl methyl sites for hydroxylation is 1. The molecule has 2 aromatic heterocycles. The molecule has 1 saturated heterocycles. The average Bonchev–Trinajstić information content (AvgIpc) is 3.32. The largest absolute Gasteiger partial charge is 0.450 e. The summed E-state index contributed by atoms with van der Waals surface area (Å²) in [7, 11) is 0. The summed E-state index contributed by atoms with van der Waals surface area (Å²) in [6.07, 6.45) is -3.57. The molecule has 0 radical (unpaired) electrons. The molecule has 1 aliphatic rings. The number of alkyl halides is 3. The zero-order valence-electron chi connectivity index (χ0n) is 20.2. The zero-order chi connectivity index (χ0) is 26.8. The molecular formula is C21H27BrF3N7O4. The van der Waals surface area contributed by atoms with Gasteiger partial charge >= 0.3 is 12.3 Å². The van der Waals surface area contributed by atoms with Crippen molar-refractivity contribution in [3.8, 4) is 0 Å². The minimum Gasteiger partial charge on any atom is -0.450 e. The molecule has 11 nitrogen and oxygen atoms in total. The molecular weight excluding hydrogens is 551 g/mol. The van der Waals surface area contributed by atoms with Crippen LogP contribution in [0.3, 0.4) is 0 Å². The van der Waals surface area contributed by atoms with Gasteiger partial charge in [-0.05, 0) is 43.6 Å². The zero-order valence-corrected chi connectivity index (χ0v) is 21.8. The molecule has 0 saturated carbocycles. The number of rotatable bonds is 6. The normalized spacial score (nSPS) is 15.1. The molecule has 1 aliphatic heterocycles. The molecule has 3 rings (SSSR count). The van der Waals surface area contributed by atoms with Gasteiger partial charge in [0, 0.05) is 32.4 Å². The summed E-state index contributed by atoms with van der Waals surface area (Å²) in [6, 6.07) is -0.679. The lowest BCUT2D eigenvalue weighted by Crippen LogP contribution is -2.52. The Morgan fingerprint density at radius 3 is 2.31 bits per heavy atom. The number of hydrogen-bond acceptors (Lipinski definition) is 6. The van der Waals surface area contributed by atoms with Crippen LogP contribution in [0.2, 0.25) is 0 Å². The number of carbonyl (C=O) groups excluding carboxylic acids is 3. The number of ether oxygens (including phenoxy) is 1. The molecule has 0 aliphatic carbocycles. The van der Waals surface area contributed by atoms with Gasteiger partial charge in [0.25, 0.3) is 0 Å². The topological polar surface area (TPSA) is 115 Å². The number of halogens is 4. The van der Waals surface area contributed by atoms with Gasteiger partial charge in [-0.3, -0.25) is 19.0 Å². The van der Waals surface area contributed by atoms with Gasteiger partial charge in [0.15, 0.2) is 5.69 Å². The van der Waals surface area contributed by atoms with Crippen molar-refractivity contribution < 1.29 is 32.3 Å². The first-order chi connectivity index (χ1) is 16.8. The van der Waals surface area contributed by atoms with E-state index in [9.17, 15) is 27.6 Å². The molecule has 2 aromatic rings. The minimum absolute atomic E-state index is 0.159. The van der Waals surface area contributed by atoms with E-state index in [1.165, 1.54) is 17.8 Å². The average molecular weight is 578 g/mol. The lowest BCUT2D eigenvalue weighted by Gasteiger charge is -2.35. The Kier molecular flexibility index (Phi) is 8.31. The number of amides is 3. The van der Waals surface area contributed by atoms with Gasteiger partial charge in [0.2, 0.25) is 11.8 Å². The second kappa shape index (κ2) is 10.9. The predicted molar refractivity (Wildman–Crippen MR) is 125 cm³/mol. The molecule has 1 unspecified atom stereocenters. The molecule has 0 spiro atoms. The number of hydrogen-bond donors (Lipinski definition) is 1. The van der Waals surface area contributed by atoms with E-state index in [1.807, 2.05) is 0 Å². The molecule has 0 aromatic carbocycles. The van der Waals surface area contributed by atoms with Crippen molar-refractivity contribution in [1.29, 1.82) is 0 Å². The van der Waals surface area contributed by atoms with E-state index in [4.69, 9.17) is 4.74 Å². The fraction of sp³-hybridized carbons (Fsp3) is 0.571. The van der Waals surface area contributed by atoms with Crippen LogP contribution >= 0.6 is 15.9 Å². The molecule has 15 heteroatoms. The van der Waals surface area contributed by atoms with E-state index in [2.05, 4.69) is 31.4 Å². The molecule has 1 N–H and O–H groups in total. The van der Waals surface area contributed by atoms with Gasteiger partial charge in [-0.1, -0.05) is 0 Å². The Morgan fingerprint density at radius 2 is 1.75 bits per heavy atom. The number of carbonyl (C=O) groups is 3. The molecule has 1 atom stereocenters. The molecule has 198 valence electrons. The van der Waals surface area contributed by atoms with Crippen molar-refractivity contribution in [2.45, 2.75) is 46.5 Å². The third-order valence-corrected chi connectivity index (χ3v) is 6.71. The van der Waals surface area contributed by atoms with Gasteiger partial charge in [-0.2, -0.15) is 23.4 Å². The van der Waals surface area contributed by atoms with Crippen LogP contribution < -0.4 is 5.32 Å². The third-order valence-electron chi connectivity index (χ3n) is 5.76. The number of nitrogens with one attached hydrogen (secondary N) is 1. The Balaban J connectivity index is 1.62. The predicted octanol–water partition coefficient (Wildman–Crippen LogP) is 2.98. The van der Waals surface area contributed by atoms with Crippen LogP contribution in [0, 0.1) is 13.8 Å². The highest BCUT2D eigenvalue weighted by Crippen LogP contribution is 2.35. The van der Waals surface area contributed by atoms with Crippen molar-refractivity contribution >= 4 is 39.5 Å². The molecule has 3 heterocycles. The quantitative estimate of drug-likeness (QED) is 0.564. The van der Waals surface area contributed by atoms with Crippen LogP contribution in [0.1, 0.15) is 37.0 Å². The van der Waals surface area contributed by atoms with Gasteiger partial charge in [-0.15, -0.1) is 0 Å². The van der Waals surface area contributed by atoms with Crippen LogP contribution in [0.25, 0.3) is 0 Å². The Labute approximate surface area is 213 Å². The van der Waals surface area contributed by atoms with E-state index in [0.717, 1.165) is 4.68 Å². The minimum atomic E-state index is -4.66. The van der Waals surface area contributed by atoms with Crippen molar-refractivity contribution in [3.63, 3.8) is 0 Å². The van der Waals surface area contributed by atoms with Crippen LogP contribution in [-0.4, -0.2) is 80.1 Å². The van der Waals surface area contributed by atoms with Crippen LogP contribution in [0.4, 0.5) is 23.7 Å². The van der Waals surface area contributed by atoms with E-state index < -0.39 is 36.5 Å². The van der Waals surface area contributed by atoms with Crippen molar-refractivity contribution in [2.75, 3.05) is 38.1 Å². The van der Waals surface area contributed by atoms with Crippen LogP contribution in [0.15, 0.2) is 10.7 Å². The van der Waals surface area contributed by atoms with Crippen LogP contribution in [0.5, 0.6) is 0 Å². The van der Waals surface area contributed by atoms with E-state index >= 15 is 0 Å². The second-order valence-corrected chi connectivity index (χ2v) is 9.04. The standard InChI is InChI=1S/C21H27BrF3N7O4/c1-5-36-20(35)30-8-6-29(7-9-30)19(34)14(4)31-10-15(12(2)27-31)26-16(33)11-32-13(3)17(22)18(28-32)21(23,24)25/h10,14H,5-9,11H2,1-4H3,(H,26,33). The summed E-state index contributed by atoms with van der Waals surface area (Å²) in [5, 5.41) is 10.4. The summed E-state index contributed by atoms with van der Waals surface area (Å²) < 4.78 is 46.4. The van der Waals surface area contributed by atoms with Crippen molar-refractivity contribution in [1.82, 2.24) is 29.4 Å². The van der Waals surface area contributed by atoms with Crippen molar-refractivity contribution in [2.24, 2.45) is 0 Å². The van der Waals surface area contributed by atoms with Gasteiger partial charge in [0.1, 0.15) is 12.6 Å². The highest BCUT2D eigenvalue weighted by molar-refractivity contribution is 9.10. The van der Waals surface area contributed by atoms with Gasteiger partial charge < -0.3 is 19.9 Å². The van der Waals surface area contributed by atoms with E-state index in [0.29, 0.717) is 37.6 Å². The van der Waals surface area contributed by atoms with E-state index in [-0.39, 0.29) is 22.7 Å². The Hall–Kier alpha value is -3.10. The van der Waals surface area contributed by atoms with Crippen LogP contribution in [-0.2, 0) is 27.0 Å². The second-order valence-electron chi connectivity index (χ2n) is 8.25. The number of aromatic nitrogens is 4. The first-order valence-corrected chi connectivity index (χ1v) is 12.0. The third kappa shape index (κ3) is 5.99. The van der Waals surface area contributed by atoms with Gasteiger partial charge in [-0.25, -0.2) is 4.79 Å². The first-order valence-electron chi connectivity index (χ1n) is 11.2. The smallest absolute Gasteiger partial charge is 0.436 e. The Morgan fingerprint density at radius 1 is 1.14 bits per heavy atom. The summed E-state index contributed by atoms with van der Waals surface area (Å²) >= 11 is 2.88. The van der Waals surface area contributed by atoms with Crippen molar-refractivity contribution in [3.05, 3.63) is 27.8 Å². The maximum absolute atomic E-state index is 13.1. The lowest BCUT2D eigenvalue weighted by molar-refractivity contribution is -0.142. The highest BCUT2D eigenvalue weighted by atomic mass is 79.9. The van der Waals surface area contributed by atoms with Gasteiger partial charge in [0.05, 0.1) is 28.2 Å². The first kappa shape index (κ1) is 27.5. The highest BCUT2D eigenvalue weighted by Gasteiger charge is 2.38. The number of piperazine rings is 1. The SMILES string of the molecule is CCOC(=O)N1CCN(C(=O)C(C)n2cc(NC(=O)Cn3nc(C(F)(F)F)c(Br)c3C)c(C)n2)CC1. The Bertz CT molecular complexity index is 1140. The number of anilines is 1. The fourth-order valence-corrected chi connectivity index (χ4v) is 4.20. The summed E-state index contributed by atoms with van der Waals surface area (Å²) in [5.74, 6) is -0.797. The maximum atomic E-state index is 13.1. The molecule has 0 bridgehead atoms. The summed E-state index contributed by atoms with van der Waals surface area (Å²) in [5.41, 5.74) is -0.185. The summed E-state index contributed by atoms with van der Waals surface area (Å²) in [6.45, 7) is 7.71.